The Kier molecular flexibility index (Phi) is 3.69. The van der Waals surface area contributed by atoms with Gasteiger partial charge in [-0.05, 0) is 30.2 Å². The van der Waals surface area contributed by atoms with Crippen LogP contribution >= 0.6 is 11.6 Å². The predicted octanol–water partition coefficient (Wildman–Crippen LogP) is 2.60. The fraction of sp³-hybridized carbons (Fsp3) is 0.400. The third kappa shape index (κ3) is 2.89. The zero-order chi connectivity index (χ0) is 13.2. The van der Waals surface area contributed by atoms with Gasteiger partial charge in [0, 0.05) is 38.1 Å². The minimum Gasteiger partial charge on any atom is -0.314 e. The zero-order valence-electron chi connectivity index (χ0n) is 11.1. The van der Waals surface area contributed by atoms with Gasteiger partial charge in [0.1, 0.15) is 5.15 Å². The highest BCUT2D eigenvalue weighted by Gasteiger charge is 2.12. The van der Waals surface area contributed by atoms with Gasteiger partial charge in [0.15, 0.2) is 0 Å². The number of benzene rings is 1. The highest BCUT2D eigenvalue weighted by atomic mass is 35.5. The van der Waals surface area contributed by atoms with E-state index in [9.17, 15) is 0 Å². The van der Waals surface area contributed by atoms with Crippen LogP contribution in [0.5, 0.6) is 0 Å². The number of nitrogens with zero attached hydrogens (tertiary/aromatic N) is 2. The number of nitrogens with one attached hydrogen (secondary N) is 1. The van der Waals surface area contributed by atoms with E-state index in [-0.39, 0.29) is 0 Å². The lowest BCUT2D eigenvalue weighted by atomic mass is 10.1. The summed E-state index contributed by atoms with van der Waals surface area (Å²) in [4.78, 5) is 6.88. The van der Waals surface area contributed by atoms with Gasteiger partial charge < -0.3 is 5.32 Å². The molecule has 3 rings (SSSR count). The fourth-order valence-electron chi connectivity index (χ4n) is 2.62. The average Bonchev–Trinajstić information content (AvgIpc) is 2.39. The van der Waals surface area contributed by atoms with E-state index in [1.165, 1.54) is 16.5 Å². The molecule has 1 fully saturated rings. The van der Waals surface area contributed by atoms with Gasteiger partial charge in [-0.1, -0.05) is 23.7 Å². The smallest absolute Gasteiger partial charge is 0.130 e. The number of rotatable bonds is 2. The molecule has 2 heterocycles. The largest absolute Gasteiger partial charge is 0.314 e. The SMILES string of the molecule is Cc1ccc2c(CN3CCNCC3)cc(Cl)nc2c1. The highest BCUT2D eigenvalue weighted by molar-refractivity contribution is 6.29. The summed E-state index contributed by atoms with van der Waals surface area (Å²) in [6.45, 7) is 7.34. The van der Waals surface area contributed by atoms with Crippen molar-refractivity contribution >= 4 is 22.5 Å². The van der Waals surface area contributed by atoms with E-state index >= 15 is 0 Å². The zero-order valence-corrected chi connectivity index (χ0v) is 11.9. The fourth-order valence-corrected chi connectivity index (χ4v) is 2.84. The van der Waals surface area contributed by atoms with Crippen molar-refractivity contribution in [2.75, 3.05) is 26.2 Å². The van der Waals surface area contributed by atoms with Crippen LogP contribution in [0.4, 0.5) is 0 Å². The van der Waals surface area contributed by atoms with E-state index in [1.807, 2.05) is 6.07 Å². The summed E-state index contributed by atoms with van der Waals surface area (Å²) >= 11 is 6.15. The van der Waals surface area contributed by atoms with Gasteiger partial charge in [-0.25, -0.2) is 4.98 Å². The van der Waals surface area contributed by atoms with Crippen LogP contribution in [-0.4, -0.2) is 36.1 Å². The van der Waals surface area contributed by atoms with E-state index < -0.39 is 0 Å². The van der Waals surface area contributed by atoms with Gasteiger partial charge in [0.2, 0.25) is 0 Å². The summed E-state index contributed by atoms with van der Waals surface area (Å²) in [5, 5.41) is 5.18. The first kappa shape index (κ1) is 12.9. The first-order chi connectivity index (χ1) is 9.22. The third-order valence-electron chi connectivity index (χ3n) is 3.62. The maximum absolute atomic E-state index is 6.15. The highest BCUT2D eigenvalue weighted by Crippen LogP contribution is 2.23. The molecule has 0 saturated carbocycles. The maximum atomic E-state index is 6.15. The van der Waals surface area contributed by atoms with Crippen molar-refractivity contribution < 1.29 is 0 Å². The molecule has 4 heteroatoms. The van der Waals surface area contributed by atoms with Crippen LogP contribution in [0.3, 0.4) is 0 Å². The van der Waals surface area contributed by atoms with Crippen LogP contribution in [0.25, 0.3) is 10.9 Å². The minimum absolute atomic E-state index is 0.586. The second kappa shape index (κ2) is 5.45. The normalized spacial score (nSPS) is 16.9. The van der Waals surface area contributed by atoms with Crippen molar-refractivity contribution in [1.29, 1.82) is 0 Å². The van der Waals surface area contributed by atoms with Crippen LogP contribution in [0.1, 0.15) is 11.1 Å². The van der Waals surface area contributed by atoms with Crippen molar-refractivity contribution in [3.8, 4) is 0 Å². The van der Waals surface area contributed by atoms with Crippen molar-refractivity contribution in [3.05, 3.63) is 40.5 Å². The molecule has 100 valence electrons. The Hall–Kier alpha value is -1.16. The third-order valence-corrected chi connectivity index (χ3v) is 3.82. The molecular weight excluding hydrogens is 258 g/mol. The molecule has 0 amide bonds. The molecule has 1 aromatic heterocycles. The molecule has 2 aromatic rings. The minimum atomic E-state index is 0.586. The van der Waals surface area contributed by atoms with E-state index in [0.717, 1.165) is 38.2 Å². The molecule has 0 bridgehead atoms. The molecule has 0 atom stereocenters. The van der Waals surface area contributed by atoms with Crippen molar-refractivity contribution in [2.45, 2.75) is 13.5 Å². The lowest BCUT2D eigenvalue weighted by Gasteiger charge is -2.27. The number of hydrogen-bond donors (Lipinski definition) is 1. The molecule has 1 aliphatic rings. The van der Waals surface area contributed by atoms with Gasteiger partial charge in [-0.15, -0.1) is 0 Å². The maximum Gasteiger partial charge on any atom is 0.130 e. The lowest BCUT2D eigenvalue weighted by molar-refractivity contribution is 0.234. The molecule has 19 heavy (non-hydrogen) atoms. The summed E-state index contributed by atoms with van der Waals surface area (Å²) in [5.41, 5.74) is 3.49. The molecule has 0 aliphatic carbocycles. The Balaban J connectivity index is 1.97. The van der Waals surface area contributed by atoms with Crippen molar-refractivity contribution in [3.63, 3.8) is 0 Å². The summed E-state index contributed by atoms with van der Waals surface area (Å²) in [7, 11) is 0. The van der Waals surface area contributed by atoms with Crippen molar-refractivity contribution in [1.82, 2.24) is 15.2 Å². The number of fused-ring (bicyclic) bond motifs is 1. The van der Waals surface area contributed by atoms with Crippen LogP contribution < -0.4 is 5.32 Å². The monoisotopic (exact) mass is 275 g/mol. The lowest BCUT2D eigenvalue weighted by Crippen LogP contribution is -2.42. The Morgan fingerprint density at radius 3 is 2.84 bits per heavy atom. The summed E-state index contributed by atoms with van der Waals surface area (Å²) in [6.07, 6.45) is 0. The van der Waals surface area contributed by atoms with Crippen LogP contribution in [-0.2, 0) is 6.54 Å². The number of halogens is 1. The van der Waals surface area contributed by atoms with Gasteiger partial charge in [0.05, 0.1) is 5.52 Å². The molecular formula is C15H18ClN3. The van der Waals surface area contributed by atoms with Crippen LogP contribution in [0.15, 0.2) is 24.3 Å². The van der Waals surface area contributed by atoms with E-state index in [0.29, 0.717) is 5.15 Å². The van der Waals surface area contributed by atoms with Gasteiger partial charge in [-0.2, -0.15) is 0 Å². The van der Waals surface area contributed by atoms with E-state index in [1.54, 1.807) is 0 Å². The summed E-state index contributed by atoms with van der Waals surface area (Å²) < 4.78 is 0. The first-order valence-corrected chi connectivity index (χ1v) is 7.09. The Morgan fingerprint density at radius 2 is 2.05 bits per heavy atom. The first-order valence-electron chi connectivity index (χ1n) is 6.71. The number of hydrogen-bond acceptors (Lipinski definition) is 3. The molecule has 1 aliphatic heterocycles. The van der Waals surface area contributed by atoms with Crippen LogP contribution in [0.2, 0.25) is 5.15 Å². The van der Waals surface area contributed by atoms with E-state index in [2.05, 4.69) is 40.3 Å². The average molecular weight is 276 g/mol. The summed E-state index contributed by atoms with van der Waals surface area (Å²) in [5.74, 6) is 0. The quantitative estimate of drug-likeness (QED) is 0.854. The second-order valence-corrected chi connectivity index (χ2v) is 5.54. The molecule has 1 N–H and O–H groups in total. The van der Waals surface area contributed by atoms with E-state index in [4.69, 9.17) is 11.6 Å². The molecule has 0 radical (unpaired) electrons. The number of pyridine rings is 1. The molecule has 0 unspecified atom stereocenters. The van der Waals surface area contributed by atoms with Gasteiger partial charge in [0.25, 0.3) is 0 Å². The molecule has 1 saturated heterocycles. The van der Waals surface area contributed by atoms with Gasteiger partial charge >= 0.3 is 0 Å². The number of piperazine rings is 1. The molecule has 0 spiro atoms. The second-order valence-electron chi connectivity index (χ2n) is 5.15. The topological polar surface area (TPSA) is 28.2 Å². The Morgan fingerprint density at radius 1 is 1.26 bits per heavy atom. The summed E-state index contributed by atoms with van der Waals surface area (Å²) in [6, 6.07) is 8.40. The Labute approximate surface area is 118 Å². The van der Waals surface area contributed by atoms with Gasteiger partial charge in [-0.3, -0.25) is 4.90 Å². The Bertz CT molecular complexity index is 586. The number of aryl methyl sites for hydroxylation is 1. The van der Waals surface area contributed by atoms with Crippen LogP contribution in [0, 0.1) is 6.92 Å². The molecule has 1 aromatic carbocycles. The van der Waals surface area contributed by atoms with Crippen molar-refractivity contribution in [2.24, 2.45) is 0 Å². The predicted molar refractivity (Wildman–Crippen MR) is 79.6 cm³/mol. The molecule has 3 nitrogen and oxygen atoms in total. The standard InChI is InChI=1S/C15H18ClN3/c1-11-2-3-13-12(9-15(16)18-14(13)8-11)10-19-6-4-17-5-7-19/h2-3,8-9,17H,4-7,10H2,1H3. The number of aromatic nitrogens is 1.